The van der Waals surface area contributed by atoms with E-state index in [1.54, 1.807) is 0 Å². The van der Waals surface area contributed by atoms with Gasteiger partial charge < -0.3 is 10.4 Å². The van der Waals surface area contributed by atoms with Crippen molar-refractivity contribution in [2.75, 3.05) is 13.2 Å². The summed E-state index contributed by atoms with van der Waals surface area (Å²) in [6, 6.07) is -0.509. The number of hydroxylamine groups is 1. The Hall–Kier alpha value is -1.30. The maximum absolute atomic E-state index is 11.2. The van der Waals surface area contributed by atoms with Crippen LogP contribution in [0.4, 0.5) is 4.79 Å². The lowest BCUT2D eigenvalue weighted by Crippen LogP contribution is -2.38. The minimum atomic E-state index is -1.13. The quantitative estimate of drug-likeness (QED) is 0.629. The highest BCUT2D eigenvalue weighted by molar-refractivity contribution is 5.73. The molecule has 0 unspecified atom stereocenters. The van der Waals surface area contributed by atoms with Crippen LogP contribution < -0.4 is 10.8 Å². The van der Waals surface area contributed by atoms with Gasteiger partial charge in [-0.2, -0.15) is 0 Å². The number of nitrogens with one attached hydrogen (secondary N) is 2. The number of aliphatic carboxylic acids is 1. The molecule has 98 valence electrons. The molecule has 1 aliphatic carbocycles. The lowest BCUT2D eigenvalue weighted by Gasteiger charge is -2.07. The van der Waals surface area contributed by atoms with Crippen LogP contribution in [0.2, 0.25) is 0 Å². The highest BCUT2D eigenvalue weighted by Gasteiger charge is 2.64. The number of amides is 2. The fraction of sp³-hybridized carbons (Fsp3) is 0.818. The molecular weight excluding hydrogens is 224 g/mol. The molecule has 0 spiro atoms. The van der Waals surface area contributed by atoms with Gasteiger partial charge in [0.15, 0.2) is 6.61 Å². The van der Waals surface area contributed by atoms with Gasteiger partial charge in [-0.05, 0) is 16.7 Å². The van der Waals surface area contributed by atoms with Gasteiger partial charge in [-0.3, -0.25) is 4.84 Å². The second-order valence-corrected chi connectivity index (χ2v) is 5.49. The van der Waals surface area contributed by atoms with E-state index in [9.17, 15) is 9.59 Å². The Morgan fingerprint density at radius 2 is 1.76 bits per heavy atom. The molecule has 6 nitrogen and oxygen atoms in total. The SMILES string of the molecule is CC1(C)C(CNC(=O)NOCC(=O)O)C1(C)C. The molecule has 0 aromatic carbocycles. The lowest BCUT2D eigenvalue weighted by atomic mass is 10.0. The first-order valence-corrected chi connectivity index (χ1v) is 5.57. The Bertz CT molecular complexity index is 311. The molecule has 1 fully saturated rings. The number of carboxylic acids is 1. The molecule has 0 heterocycles. The lowest BCUT2D eigenvalue weighted by molar-refractivity contribution is -0.144. The van der Waals surface area contributed by atoms with Crippen LogP contribution in [0.1, 0.15) is 27.7 Å². The summed E-state index contributed by atoms with van der Waals surface area (Å²) in [4.78, 5) is 25.8. The molecule has 17 heavy (non-hydrogen) atoms. The molecule has 3 N–H and O–H groups in total. The molecule has 1 saturated carbocycles. The zero-order chi connectivity index (χ0) is 13.3. The highest BCUT2D eigenvalue weighted by Crippen LogP contribution is 2.67. The summed E-state index contributed by atoms with van der Waals surface area (Å²) < 4.78 is 0. The summed E-state index contributed by atoms with van der Waals surface area (Å²) in [5.41, 5.74) is 2.44. The third-order valence-corrected chi connectivity index (χ3v) is 4.15. The van der Waals surface area contributed by atoms with E-state index >= 15 is 0 Å². The van der Waals surface area contributed by atoms with Crippen LogP contribution in [-0.2, 0) is 9.63 Å². The van der Waals surface area contributed by atoms with Crippen molar-refractivity contribution in [3.63, 3.8) is 0 Å². The summed E-state index contributed by atoms with van der Waals surface area (Å²) in [6.07, 6.45) is 0. The van der Waals surface area contributed by atoms with Crippen molar-refractivity contribution in [3.05, 3.63) is 0 Å². The van der Waals surface area contributed by atoms with Gasteiger partial charge >= 0.3 is 12.0 Å². The van der Waals surface area contributed by atoms with Crippen molar-refractivity contribution in [2.45, 2.75) is 27.7 Å². The molecule has 0 saturated heterocycles. The molecule has 1 aliphatic rings. The van der Waals surface area contributed by atoms with E-state index in [1.807, 2.05) is 5.48 Å². The number of carbonyl (C=O) groups excluding carboxylic acids is 1. The van der Waals surface area contributed by atoms with Crippen LogP contribution in [0.3, 0.4) is 0 Å². The average molecular weight is 244 g/mol. The standard InChI is InChI=1S/C11H20N2O4/c1-10(2)7(11(10,3)4)5-12-9(16)13-17-6-8(14)15/h7H,5-6H2,1-4H3,(H,14,15)(H2,12,13,16). The Labute approximate surface area is 101 Å². The fourth-order valence-corrected chi connectivity index (χ4v) is 2.24. The van der Waals surface area contributed by atoms with E-state index in [4.69, 9.17) is 5.11 Å². The van der Waals surface area contributed by atoms with E-state index < -0.39 is 18.6 Å². The summed E-state index contributed by atoms with van der Waals surface area (Å²) in [7, 11) is 0. The molecular formula is C11H20N2O4. The van der Waals surface area contributed by atoms with Crippen LogP contribution in [0.5, 0.6) is 0 Å². The molecule has 0 radical (unpaired) electrons. The second-order valence-electron chi connectivity index (χ2n) is 5.49. The van der Waals surface area contributed by atoms with E-state index in [1.165, 1.54) is 0 Å². The fourth-order valence-electron chi connectivity index (χ4n) is 2.24. The summed E-state index contributed by atoms with van der Waals surface area (Å²) in [6.45, 7) is 8.67. The second kappa shape index (κ2) is 4.52. The average Bonchev–Trinajstić information content (AvgIpc) is 2.54. The first kappa shape index (κ1) is 13.8. The van der Waals surface area contributed by atoms with Gasteiger partial charge in [0.2, 0.25) is 0 Å². The van der Waals surface area contributed by atoms with Gasteiger partial charge in [0.1, 0.15) is 0 Å². The Morgan fingerprint density at radius 1 is 1.24 bits per heavy atom. The molecule has 0 aromatic rings. The van der Waals surface area contributed by atoms with Crippen LogP contribution in [0, 0.1) is 16.7 Å². The molecule has 0 aliphatic heterocycles. The van der Waals surface area contributed by atoms with E-state index in [-0.39, 0.29) is 10.8 Å². The zero-order valence-electron chi connectivity index (χ0n) is 10.7. The van der Waals surface area contributed by atoms with E-state index in [0.717, 1.165) is 0 Å². The summed E-state index contributed by atoms with van der Waals surface area (Å²) in [5.74, 6) is -0.713. The van der Waals surface area contributed by atoms with Crippen LogP contribution >= 0.6 is 0 Å². The van der Waals surface area contributed by atoms with Crippen LogP contribution in [0.25, 0.3) is 0 Å². The van der Waals surface area contributed by atoms with Gasteiger partial charge in [-0.1, -0.05) is 27.7 Å². The van der Waals surface area contributed by atoms with Crippen molar-refractivity contribution in [1.82, 2.24) is 10.8 Å². The van der Waals surface area contributed by atoms with Crippen molar-refractivity contribution in [1.29, 1.82) is 0 Å². The first-order chi connectivity index (χ1) is 7.69. The van der Waals surface area contributed by atoms with Crippen molar-refractivity contribution < 1.29 is 19.5 Å². The largest absolute Gasteiger partial charge is 0.479 e. The molecule has 0 bridgehead atoms. The minimum absolute atomic E-state index is 0.211. The molecule has 0 atom stereocenters. The number of rotatable bonds is 5. The number of carboxylic acid groups (broad SMARTS) is 1. The van der Waals surface area contributed by atoms with Gasteiger partial charge in [0.25, 0.3) is 0 Å². The normalized spacial score (nSPS) is 20.7. The predicted octanol–water partition coefficient (Wildman–Crippen LogP) is 0.984. The van der Waals surface area contributed by atoms with Gasteiger partial charge in [-0.15, -0.1) is 0 Å². The van der Waals surface area contributed by atoms with Crippen molar-refractivity contribution in [2.24, 2.45) is 16.7 Å². The number of hydrogen-bond acceptors (Lipinski definition) is 3. The number of urea groups is 1. The first-order valence-electron chi connectivity index (χ1n) is 5.57. The highest BCUT2D eigenvalue weighted by atomic mass is 16.7. The van der Waals surface area contributed by atoms with Crippen molar-refractivity contribution in [3.8, 4) is 0 Å². The predicted molar refractivity (Wildman–Crippen MR) is 61.2 cm³/mol. The summed E-state index contributed by atoms with van der Waals surface area (Å²) >= 11 is 0. The number of carbonyl (C=O) groups is 2. The molecule has 0 aromatic heterocycles. The van der Waals surface area contributed by atoms with Crippen LogP contribution in [-0.4, -0.2) is 30.3 Å². The Morgan fingerprint density at radius 3 is 2.18 bits per heavy atom. The smallest absolute Gasteiger partial charge is 0.338 e. The maximum Gasteiger partial charge on any atom is 0.338 e. The Balaban J connectivity index is 2.20. The monoisotopic (exact) mass is 244 g/mol. The van der Waals surface area contributed by atoms with Crippen molar-refractivity contribution >= 4 is 12.0 Å². The molecule has 2 amide bonds. The topological polar surface area (TPSA) is 87.7 Å². The number of hydrogen-bond donors (Lipinski definition) is 3. The van der Waals surface area contributed by atoms with Crippen LogP contribution in [0.15, 0.2) is 0 Å². The van der Waals surface area contributed by atoms with E-state index in [0.29, 0.717) is 12.5 Å². The van der Waals surface area contributed by atoms with Gasteiger partial charge in [0.05, 0.1) is 0 Å². The third-order valence-electron chi connectivity index (χ3n) is 4.15. The minimum Gasteiger partial charge on any atom is -0.479 e. The van der Waals surface area contributed by atoms with E-state index in [2.05, 4.69) is 37.8 Å². The van der Waals surface area contributed by atoms with Gasteiger partial charge in [0, 0.05) is 6.54 Å². The molecule has 6 heteroatoms. The third kappa shape index (κ3) is 2.88. The zero-order valence-corrected chi connectivity index (χ0v) is 10.7. The molecule has 1 rings (SSSR count). The van der Waals surface area contributed by atoms with Gasteiger partial charge in [-0.25, -0.2) is 15.1 Å². The Kier molecular flexibility index (Phi) is 3.66. The maximum atomic E-state index is 11.2. The summed E-state index contributed by atoms with van der Waals surface area (Å²) in [5, 5.41) is 11.0.